The lowest BCUT2D eigenvalue weighted by Gasteiger charge is -2.00. The number of fused-ring (bicyclic) bond motifs is 1. The number of amides is 1. The van der Waals surface area contributed by atoms with E-state index in [1.807, 2.05) is 56.5 Å². The number of aryl methyl sites for hydroxylation is 3. The number of nitrogens with one attached hydrogen (secondary N) is 1. The molecule has 1 aromatic carbocycles. The van der Waals surface area contributed by atoms with Gasteiger partial charge in [-0.2, -0.15) is 4.98 Å². The molecule has 0 radical (unpaired) electrons. The highest BCUT2D eigenvalue weighted by Gasteiger charge is 2.12. The normalized spacial score (nSPS) is 11.1. The predicted molar refractivity (Wildman–Crippen MR) is 112 cm³/mol. The van der Waals surface area contributed by atoms with Crippen LogP contribution in [0.15, 0.2) is 40.9 Å². The van der Waals surface area contributed by atoms with Crippen molar-refractivity contribution in [2.75, 3.05) is 11.1 Å². The predicted octanol–water partition coefficient (Wildman–Crippen LogP) is 3.90. The first kappa shape index (κ1) is 18.6. The second-order valence-electron chi connectivity index (χ2n) is 6.39. The van der Waals surface area contributed by atoms with E-state index >= 15 is 0 Å². The zero-order valence-corrected chi connectivity index (χ0v) is 17.3. The number of thioether (sulfide) groups is 1. The van der Waals surface area contributed by atoms with E-state index in [0.29, 0.717) is 16.1 Å². The third kappa shape index (κ3) is 4.05. The average molecular weight is 411 g/mol. The molecular weight excluding hydrogens is 392 g/mol. The Balaban J connectivity index is 1.38. The molecule has 0 fully saturated rings. The van der Waals surface area contributed by atoms with Crippen LogP contribution in [0.5, 0.6) is 0 Å². The standard InChI is InChI=1S/C19H18N6OS2/c1-11-4-6-14(7-5-11)15-9-27-18(21-15)22-16(26)10-28-19-23-17-20-12(2)8-13(3)25(17)24-19/h4-9H,10H2,1-3H3,(H,21,22,26). The highest BCUT2D eigenvalue weighted by Crippen LogP contribution is 2.25. The van der Waals surface area contributed by atoms with Crippen LogP contribution in [0.1, 0.15) is 17.0 Å². The fourth-order valence-corrected chi connectivity index (χ4v) is 4.04. The maximum Gasteiger partial charge on any atom is 0.253 e. The number of benzene rings is 1. The molecule has 1 amide bonds. The van der Waals surface area contributed by atoms with Gasteiger partial charge in [0.1, 0.15) is 0 Å². The van der Waals surface area contributed by atoms with Crippen molar-refractivity contribution in [2.24, 2.45) is 0 Å². The van der Waals surface area contributed by atoms with E-state index in [4.69, 9.17) is 0 Å². The Kier molecular flexibility index (Phi) is 5.10. The van der Waals surface area contributed by atoms with Gasteiger partial charge in [0, 0.05) is 22.3 Å². The van der Waals surface area contributed by atoms with Crippen LogP contribution >= 0.6 is 23.1 Å². The number of hydrogen-bond donors (Lipinski definition) is 1. The molecular formula is C19H18N6OS2. The zero-order valence-electron chi connectivity index (χ0n) is 15.6. The highest BCUT2D eigenvalue weighted by molar-refractivity contribution is 7.99. The van der Waals surface area contributed by atoms with E-state index in [9.17, 15) is 4.79 Å². The Labute approximate surface area is 170 Å². The third-order valence-electron chi connectivity index (χ3n) is 4.03. The number of rotatable bonds is 5. The van der Waals surface area contributed by atoms with Crippen LogP contribution in [0.2, 0.25) is 0 Å². The highest BCUT2D eigenvalue weighted by atomic mass is 32.2. The summed E-state index contributed by atoms with van der Waals surface area (Å²) in [6.07, 6.45) is 0. The number of aromatic nitrogens is 5. The molecule has 0 bridgehead atoms. The Morgan fingerprint density at radius 3 is 2.71 bits per heavy atom. The molecule has 142 valence electrons. The molecule has 0 saturated heterocycles. The van der Waals surface area contributed by atoms with Crippen LogP contribution in [0.4, 0.5) is 5.13 Å². The van der Waals surface area contributed by atoms with Crippen LogP contribution < -0.4 is 5.32 Å². The number of hydrogen-bond acceptors (Lipinski definition) is 7. The van der Waals surface area contributed by atoms with Crippen molar-refractivity contribution in [3.8, 4) is 11.3 Å². The van der Waals surface area contributed by atoms with E-state index in [1.54, 1.807) is 4.52 Å². The average Bonchev–Trinajstić information content (AvgIpc) is 3.27. The SMILES string of the molecule is Cc1ccc(-c2csc(NC(=O)CSc3nc4nc(C)cc(C)n4n3)n2)cc1. The first-order valence-electron chi connectivity index (χ1n) is 8.64. The monoisotopic (exact) mass is 410 g/mol. The van der Waals surface area contributed by atoms with Gasteiger partial charge in [-0.25, -0.2) is 14.5 Å². The molecule has 3 aromatic heterocycles. The van der Waals surface area contributed by atoms with Crippen LogP contribution in [-0.4, -0.2) is 36.2 Å². The van der Waals surface area contributed by atoms with Gasteiger partial charge < -0.3 is 5.32 Å². The van der Waals surface area contributed by atoms with Crippen molar-refractivity contribution in [3.05, 3.63) is 52.7 Å². The van der Waals surface area contributed by atoms with Crippen LogP contribution in [0, 0.1) is 20.8 Å². The fraction of sp³-hybridized carbons (Fsp3) is 0.211. The Hall–Kier alpha value is -2.78. The van der Waals surface area contributed by atoms with Gasteiger partial charge in [-0.3, -0.25) is 4.79 Å². The summed E-state index contributed by atoms with van der Waals surface area (Å²) >= 11 is 2.68. The van der Waals surface area contributed by atoms with Crippen molar-refractivity contribution in [1.82, 2.24) is 24.6 Å². The first-order chi connectivity index (χ1) is 13.5. The van der Waals surface area contributed by atoms with E-state index in [-0.39, 0.29) is 11.7 Å². The second-order valence-corrected chi connectivity index (χ2v) is 8.19. The van der Waals surface area contributed by atoms with E-state index < -0.39 is 0 Å². The Bertz CT molecular complexity index is 1150. The largest absolute Gasteiger partial charge is 0.301 e. The minimum Gasteiger partial charge on any atom is -0.301 e. The number of thiazole rings is 1. The van der Waals surface area contributed by atoms with Gasteiger partial charge >= 0.3 is 0 Å². The lowest BCUT2D eigenvalue weighted by Crippen LogP contribution is -2.13. The number of carbonyl (C=O) groups is 1. The lowest BCUT2D eigenvalue weighted by atomic mass is 10.1. The molecule has 0 aliphatic carbocycles. The van der Waals surface area contributed by atoms with Gasteiger partial charge in [0.25, 0.3) is 5.78 Å². The van der Waals surface area contributed by atoms with E-state index in [1.165, 1.54) is 28.7 Å². The molecule has 3 heterocycles. The topological polar surface area (TPSA) is 85.1 Å². The van der Waals surface area contributed by atoms with E-state index in [0.717, 1.165) is 22.6 Å². The quantitative estimate of drug-likeness (QED) is 0.502. The maximum absolute atomic E-state index is 12.3. The Morgan fingerprint density at radius 1 is 1.14 bits per heavy atom. The smallest absolute Gasteiger partial charge is 0.253 e. The van der Waals surface area contributed by atoms with Crippen molar-refractivity contribution >= 4 is 39.9 Å². The van der Waals surface area contributed by atoms with Gasteiger partial charge in [0.15, 0.2) is 5.13 Å². The fourth-order valence-electron chi connectivity index (χ4n) is 2.68. The number of nitrogens with zero attached hydrogens (tertiary/aromatic N) is 5. The molecule has 7 nitrogen and oxygen atoms in total. The summed E-state index contributed by atoms with van der Waals surface area (Å²) < 4.78 is 1.68. The van der Waals surface area contributed by atoms with Crippen molar-refractivity contribution in [3.63, 3.8) is 0 Å². The van der Waals surface area contributed by atoms with E-state index in [2.05, 4.69) is 25.4 Å². The van der Waals surface area contributed by atoms with Crippen molar-refractivity contribution in [2.45, 2.75) is 25.9 Å². The summed E-state index contributed by atoms with van der Waals surface area (Å²) in [5.74, 6) is 0.603. The summed E-state index contributed by atoms with van der Waals surface area (Å²) in [4.78, 5) is 25.5. The summed E-state index contributed by atoms with van der Waals surface area (Å²) in [5, 5.41) is 10.3. The number of carbonyl (C=O) groups excluding carboxylic acids is 1. The van der Waals surface area contributed by atoms with Gasteiger partial charge in [-0.05, 0) is 26.8 Å². The van der Waals surface area contributed by atoms with Crippen molar-refractivity contribution < 1.29 is 4.79 Å². The molecule has 0 spiro atoms. The van der Waals surface area contributed by atoms with Crippen LogP contribution in [0.25, 0.3) is 17.0 Å². The Morgan fingerprint density at radius 2 is 1.93 bits per heavy atom. The molecule has 0 aliphatic heterocycles. The second kappa shape index (κ2) is 7.69. The van der Waals surface area contributed by atoms with Crippen molar-refractivity contribution in [1.29, 1.82) is 0 Å². The molecule has 4 aromatic rings. The molecule has 0 unspecified atom stereocenters. The molecule has 28 heavy (non-hydrogen) atoms. The molecule has 0 saturated carbocycles. The first-order valence-corrected chi connectivity index (χ1v) is 10.5. The third-order valence-corrected chi connectivity index (χ3v) is 5.62. The molecule has 0 atom stereocenters. The van der Waals surface area contributed by atoms with Gasteiger partial charge in [0.2, 0.25) is 11.1 Å². The molecule has 4 rings (SSSR count). The minimum atomic E-state index is -0.144. The van der Waals surface area contributed by atoms with Gasteiger partial charge in [0.05, 0.1) is 11.4 Å². The maximum atomic E-state index is 12.3. The summed E-state index contributed by atoms with van der Waals surface area (Å²) in [5.41, 5.74) is 4.93. The molecule has 0 aliphatic rings. The lowest BCUT2D eigenvalue weighted by molar-refractivity contribution is -0.113. The van der Waals surface area contributed by atoms with Gasteiger partial charge in [-0.1, -0.05) is 41.6 Å². The summed E-state index contributed by atoms with van der Waals surface area (Å²) in [6, 6.07) is 10.1. The zero-order chi connectivity index (χ0) is 19.7. The number of anilines is 1. The molecule has 9 heteroatoms. The molecule has 1 N–H and O–H groups in total. The summed E-state index contributed by atoms with van der Waals surface area (Å²) in [6.45, 7) is 5.91. The minimum absolute atomic E-state index is 0.144. The van der Waals surface area contributed by atoms with Crippen LogP contribution in [0.3, 0.4) is 0 Å². The van der Waals surface area contributed by atoms with Gasteiger partial charge in [-0.15, -0.1) is 16.4 Å². The summed E-state index contributed by atoms with van der Waals surface area (Å²) in [7, 11) is 0. The van der Waals surface area contributed by atoms with Crippen LogP contribution in [-0.2, 0) is 4.79 Å².